The van der Waals surface area contributed by atoms with Gasteiger partial charge in [-0.3, -0.25) is 9.63 Å². The molecule has 14 heavy (non-hydrogen) atoms. The van der Waals surface area contributed by atoms with Gasteiger partial charge in [0.15, 0.2) is 0 Å². The number of hydroxylamine groups is 2. The third kappa shape index (κ3) is 3.27. The third-order valence-electron chi connectivity index (χ3n) is 2.54. The topological polar surface area (TPSA) is 55.6 Å². The van der Waals surface area contributed by atoms with Crippen LogP contribution in [-0.2, 0) is 9.63 Å². The van der Waals surface area contributed by atoms with Gasteiger partial charge in [0.05, 0.1) is 6.61 Å². The molecule has 1 aliphatic heterocycles. The van der Waals surface area contributed by atoms with Crippen molar-refractivity contribution in [2.75, 3.05) is 13.2 Å². The quantitative estimate of drug-likeness (QED) is 0.675. The molecule has 1 heterocycles. The van der Waals surface area contributed by atoms with Gasteiger partial charge in [-0.1, -0.05) is 13.3 Å². The van der Waals surface area contributed by atoms with E-state index in [0.29, 0.717) is 6.61 Å². The molecule has 1 rings (SSSR count). The molecule has 1 fully saturated rings. The second-order valence-electron chi connectivity index (χ2n) is 3.74. The summed E-state index contributed by atoms with van der Waals surface area (Å²) in [6, 6.07) is -0.208. The van der Waals surface area contributed by atoms with Gasteiger partial charge < -0.3 is 5.73 Å². The van der Waals surface area contributed by atoms with E-state index in [2.05, 4.69) is 6.92 Å². The summed E-state index contributed by atoms with van der Waals surface area (Å²) in [5.74, 6) is -0.263. The summed E-state index contributed by atoms with van der Waals surface area (Å²) in [5.41, 5.74) is 5.30. The second kappa shape index (κ2) is 5.98. The van der Waals surface area contributed by atoms with Crippen molar-refractivity contribution in [2.45, 2.75) is 45.1 Å². The van der Waals surface area contributed by atoms with Crippen LogP contribution in [0.15, 0.2) is 0 Å². The lowest BCUT2D eigenvalue weighted by atomic mass is 10.0. The zero-order chi connectivity index (χ0) is 10.4. The van der Waals surface area contributed by atoms with E-state index in [9.17, 15) is 4.79 Å². The average Bonchev–Trinajstić information content (AvgIpc) is 2.19. The molecule has 0 bridgehead atoms. The molecular formula is C10H20N2O2. The molecule has 4 heteroatoms. The predicted molar refractivity (Wildman–Crippen MR) is 54.4 cm³/mol. The molecule has 2 N–H and O–H groups in total. The molecule has 0 aliphatic carbocycles. The molecule has 1 amide bonds. The first-order valence-electron chi connectivity index (χ1n) is 5.44. The highest BCUT2D eigenvalue weighted by molar-refractivity contribution is 5.79. The van der Waals surface area contributed by atoms with Crippen molar-refractivity contribution in [2.24, 2.45) is 5.73 Å². The maximum absolute atomic E-state index is 11.1. The number of rotatable bonds is 5. The first kappa shape index (κ1) is 11.5. The predicted octanol–water partition coefficient (Wildman–Crippen LogP) is 1.06. The Hall–Kier alpha value is -0.610. The van der Waals surface area contributed by atoms with Gasteiger partial charge in [-0.15, -0.1) is 0 Å². The number of unbranched alkanes of at least 4 members (excludes halogenated alkanes) is 1. The summed E-state index contributed by atoms with van der Waals surface area (Å²) >= 11 is 0. The van der Waals surface area contributed by atoms with Gasteiger partial charge >= 0.3 is 0 Å². The average molecular weight is 200 g/mol. The first-order valence-corrected chi connectivity index (χ1v) is 5.44. The molecule has 0 aromatic carbocycles. The van der Waals surface area contributed by atoms with Crippen molar-refractivity contribution in [1.29, 1.82) is 0 Å². The molecule has 1 atom stereocenters. The SMILES string of the molecule is CCCCON1CCCCC1C(N)=O. The number of carbonyl (C=O) groups is 1. The summed E-state index contributed by atoms with van der Waals surface area (Å²) in [7, 11) is 0. The van der Waals surface area contributed by atoms with E-state index in [1.807, 2.05) is 0 Å². The minimum Gasteiger partial charge on any atom is -0.368 e. The number of hydrogen-bond donors (Lipinski definition) is 1. The third-order valence-corrected chi connectivity index (χ3v) is 2.54. The lowest BCUT2D eigenvalue weighted by molar-refractivity contribution is -0.199. The Balaban J connectivity index is 2.34. The second-order valence-corrected chi connectivity index (χ2v) is 3.74. The Bertz CT molecular complexity index is 185. The highest BCUT2D eigenvalue weighted by Crippen LogP contribution is 2.17. The maximum atomic E-state index is 11.1. The monoisotopic (exact) mass is 200 g/mol. The number of amides is 1. The van der Waals surface area contributed by atoms with Crippen LogP contribution < -0.4 is 5.73 Å². The Morgan fingerprint density at radius 2 is 2.36 bits per heavy atom. The highest BCUT2D eigenvalue weighted by Gasteiger charge is 2.27. The molecule has 0 spiro atoms. The smallest absolute Gasteiger partial charge is 0.237 e. The number of carbonyl (C=O) groups excluding carboxylic acids is 1. The van der Waals surface area contributed by atoms with Crippen molar-refractivity contribution < 1.29 is 9.63 Å². The Kier molecular flexibility index (Phi) is 4.90. The molecule has 0 saturated carbocycles. The van der Waals surface area contributed by atoms with Crippen LogP contribution in [0.3, 0.4) is 0 Å². The van der Waals surface area contributed by atoms with Crippen LogP contribution in [0.2, 0.25) is 0 Å². The molecule has 4 nitrogen and oxygen atoms in total. The van der Waals surface area contributed by atoms with Gasteiger partial charge in [-0.05, 0) is 25.7 Å². The standard InChI is InChI=1S/C10H20N2O2/c1-2-3-8-14-12-7-5-4-6-9(12)10(11)13/h9H,2-8H2,1H3,(H2,11,13). The molecule has 0 aromatic heterocycles. The van der Waals surface area contributed by atoms with Gasteiger partial charge in [-0.2, -0.15) is 5.06 Å². The zero-order valence-electron chi connectivity index (χ0n) is 8.87. The molecule has 1 aliphatic rings. The molecule has 1 saturated heterocycles. The maximum Gasteiger partial charge on any atom is 0.237 e. The van der Waals surface area contributed by atoms with Crippen molar-refractivity contribution in [3.8, 4) is 0 Å². The number of hydrogen-bond acceptors (Lipinski definition) is 3. The van der Waals surface area contributed by atoms with Gasteiger partial charge in [0.2, 0.25) is 5.91 Å². The van der Waals surface area contributed by atoms with Crippen LogP contribution in [0.4, 0.5) is 0 Å². The fraction of sp³-hybridized carbons (Fsp3) is 0.900. The first-order chi connectivity index (χ1) is 6.75. The fourth-order valence-corrected chi connectivity index (χ4v) is 1.67. The van der Waals surface area contributed by atoms with E-state index in [4.69, 9.17) is 10.6 Å². The van der Waals surface area contributed by atoms with Crippen molar-refractivity contribution in [1.82, 2.24) is 5.06 Å². The summed E-state index contributed by atoms with van der Waals surface area (Å²) in [6.07, 6.45) is 5.13. The summed E-state index contributed by atoms with van der Waals surface area (Å²) < 4.78 is 0. The number of primary amides is 1. The van der Waals surface area contributed by atoms with Gasteiger partial charge in [-0.25, -0.2) is 0 Å². The van der Waals surface area contributed by atoms with Crippen molar-refractivity contribution in [3.05, 3.63) is 0 Å². The van der Waals surface area contributed by atoms with Crippen LogP contribution in [0.25, 0.3) is 0 Å². The van der Waals surface area contributed by atoms with Crippen LogP contribution in [0.1, 0.15) is 39.0 Å². The van der Waals surface area contributed by atoms with Crippen LogP contribution in [0.5, 0.6) is 0 Å². The lowest BCUT2D eigenvalue weighted by Crippen LogP contribution is -2.47. The van der Waals surface area contributed by atoms with Gasteiger partial charge in [0.1, 0.15) is 6.04 Å². The van der Waals surface area contributed by atoms with E-state index >= 15 is 0 Å². The van der Waals surface area contributed by atoms with Crippen molar-refractivity contribution >= 4 is 5.91 Å². The normalized spacial score (nSPS) is 23.6. The summed E-state index contributed by atoms with van der Waals surface area (Å²) in [4.78, 5) is 16.6. The van der Waals surface area contributed by atoms with E-state index in [1.165, 1.54) is 0 Å². The number of nitrogens with zero attached hydrogens (tertiary/aromatic N) is 1. The molecule has 1 unspecified atom stereocenters. The van der Waals surface area contributed by atoms with Crippen LogP contribution in [-0.4, -0.2) is 30.2 Å². The minimum atomic E-state index is -0.263. The molecule has 0 aromatic rings. The fourth-order valence-electron chi connectivity index (χ4n) is 1.67. The zero-order valence-corrected chi connectivity index (χ0v) is 8.87. The van der Waals surface area contributed by atoms with Crippen LogP contribution >= 0.6 is 0 Å². The molecule has 82 valence electrons. The van der Waals surface area contributed by atoms with Gasteiger partial charge in [0, 0.05) is 6.54 Å². The van der Waals surface area contributed by atoms with E-state index < -0.39 is 0 Å². The minimum absolute atomic E-state index is 0.208. The Morgan fingerprint density at radius 3 is 3.00 bits per heavy atom. The summed E-state index contributed by atoms with van der Waals surface area (Å²) in [6.45, 7) is 3.64. The van der Waals surface area contributed by atoms with E-state index in [0.717, 1.165) is 38.6 Å². The number of piperidine rings is 1. The van der Waals surface area contributed by atoms with Crippen LogP contribution in [0, 0.1) is 0 Å². The molecular weight excluding hydrogens is 180 g/mol. The number of nitrogens with two attached hydrogens (primary N) is 1. The highest BCUT2D eigenvalue weighted by atomic mass is 16.7. The van der Waals surface area contributed by atoms with Gasteiger partial charge in [0.25, 0.3) is 0 Å². The Morgan fingerprint density at radius 1 is 1.57 bits per heavy atom. The van der Waals surface area contributed by atoms with E-state index in [1.54, 1.807) is 5.06 Å². The Labute approximate surface area is 85.3 Å². The largest absolute Gasteiger partial charge is 0.368 e. The van der Waals surface area contributed by atoms with Crippen molar-refractivity contribution in [3.63, 3.8) is 0 Å². The molecule has 0 radical (unpaired) electrons. The lowest BCUT2D eigenvalue weighted by Gasteiger charge is -2.32. The van der Waals surface area contributed by atoms with E-state index in [-0.39, 0.29) is 11.9 Å². The summed E-state index contributed by atoms with van der Waals surface area (Å²) in [5, 5.41) is 1.77.